The van der Waals surface area contributed by atoms with Crippen LogP contribution in [0.4, 0.5) is 0 Å². The molecule has 0 amide bonds. The van der Waals surface area contributed by atoms with Crippen molar-refractivity contribution < 1.29 is 9.47 Å². The minimum absolute atomic E-state index is 0.275. The lowest BCUT2D eigenvalue weighted by Gasteiger charge is -2.25. The topological polar surface area (TPSA) is 42.2 Å². The second-order valence-corrected chi connectivity index (χ2v) is 2.70. The van der Waals surface area contributed by atoms with Crippen molar-refractivity contribution in [2.24, 2.45) is 0 Å². The molecule has 1 saturated heterocycles. The predicted octanol–water partition coefficient (Wildman–Crippen LogP) is 1.39. The molecule has 0 unspecified atom stereocenters. The highest BCUT2D eigenvalue weighted by molar-refractivity contribution is 5.08. The van der Waals surface area contributed by atoms with E-state index in [4.69, 9.17) is 14.7 Å². The standard InChI is InChI=1S/C9H11NO2/c1-7-5-11-9(12-6-7)8(2)3-4-10/h9H,1-3,5-6H2. The lowest BCUT2D eigenvalue weighted by atomic mass is 10.2. The van der Waals surface area contributed by atoms with Crippen molar-refractivity contribution in [2.45, 2.75) is 12.7 Å². The molecule has 3 nitrogen and oxygen atoms in total. The van der Waals surface area contributed by atoms with Crippen LogP contribution in [0.25, 0.3) is 0 Å². The van der Waals surface area contributed by atoms with Crippen molar-refractivity contribution in [3.63, 3.8) is 0 Å². The summed E-state index contributed by atoms with van der Waals surface area (Å²) in [6.45, 7) is 8.39. The SMILES string of the molecule is C=C1COC(C(=C)CC#N)OC1. The van der Waals surface area contributed by atoms with Crippen molar-refractivity contribution in [1.29, 1.82) is 5.26 Å². The highest BCUT2D eigenvalue weighted by Crippen LogP contribution is 2.16. The highest BCUT2D eigenvalue weighted by atomic mass is 16.7. The van der Waals surface area contributed by atoms with E-state index >= 15 is 0 Å². The largest absolute Gasteiger partial charge is 0.344 e. The van der Waals surface area contributed by atoms with Crippen LogP contribution in [0.2, 0.25) is 0 Å². The predicted molar refractivity (Wildman–Crippen MR) is 44.2 cm³/mol. The van der Waals surface area contributed by atoms with Crippen molar-refractivity contribution in [3.05, 3.63) is 24.3 Å². The van der Waals surface area contributed by atoms with Gasteiger partial charge in [0.1, 0.15) is 0 Å². The fourth-order valence-electron chi connectivity index (χ4n) is 0.897. The Hall–Kier alpha value is -1.11. The minimum atomic E-state index is -0.421. The fraction of sp³-hybridized carbons (Fsp3) is 0.444. The molecule has 0 spiro atoms. The number of nitriles is 1. The monoisotopic (exact) mass is 165 g/mol. The summed E-state index contributed by atoms with van der Waals surface area (Å²) in [4.78, 5) is 0. The molecule has 0 N–H and O–H groups in total. The lowest BCUT2D eigenvalue weighted by Crippen LogP contribution is -2.27. The molecule has 0 aromatic heterocycles. The van der Waals surface area contributed by atoms with E-state index in [0.717, 1.165) is 5.57 Å². The van der Waals surface area contributed by atoms with Crippen LogP contribution in [0, 0.1) is 11.3 Å². The first-order chi connectivity index (χ1) is 5.74. The van der Waals surface area contributed by atoms with Crippen LogP contribution < -0.4 is 0 Å². The van der Waals surface area contributed by atoms with Gasteiger partial charge < -0.3 is 9.47 Å². The van der Waals surface area contributed by atoms with E-state index in [1.54, 1.807) is 0 Å². The molecule has 64 valence electrons. The third kappa shape index (κ3) is 2.19. The molecule has 1 aliphatic rings. The Labute approximate surface area is 71.9 Å². The smallest absolute Gasteiger partial charge is 0.181 e. The first kappa shape index (κ1) is 8.98. The maximum Gasteiger partial charge on any atom is 0.181 e. The zero-order chi connectivity index (χ0) is 8.97. The van der Waals surface area contributed by atoms with Gasteiger partial charge in [-0.3, -0.25) is 0 Å². The molecule has 1 fully saturated rings. The van der Waals surface area contributed by atoms with Gasteiger partial charge in [0.15, 0.2) is 6.29 Å². The van der Waals surface area contributed by atoms with Gasteiger partial charge >= 0.3 is 0 Å². The summed E-state index contributed by atoms with van der Waals surface area (Å²) in [6.07, 6.45) is -0.146. The molecule has 0 saturated carbocycles. The van der Waals surface area contributed by atoms with Gasteiger partial charge in [0, 0.05) is 0 Å². The quantitative estimate of drug-likeness (QED) is 0.580. The maximum absolute atomic E-state index is 8.38. The first-order valence-electron chi connectivity index (χ1n) is 3.68. The minimum Gasteiger partial charge on any atom is -0.344 e. The third-order valence-electron chi connectivity index (χ3n) is 1.52. The Balaban J connectivity index is 2.40. The summed E-state index contributed by atoms with van der Waals surface area (Å²) in [6, 6.07) is 1.99. The first-order valence-corrected chi connectivity index (χ1v) is 3.68. The molecule has 0 aromatic carbocycles. The van der Waals surface area contributed by atoms with Gasteiger partial charge in [-0.1, -0.05) is 13.2 Å². The normalized spacial score (nSPS) is 18.8. The Kier molecular flexibility index (Phi) is 3.03. The van der Waals surface area contributed by atoms with E-state index < -0.39 is 6.29 Å². The van der Waals surface area contributed by atoms with Crippen molar-refractivity contribution in [1.82, 2.24) is 0 Å². The molecule has 3 heteroatoms. The van der Waals surface area contributed by atoms with E-state index in [-0.39, 0.29) is 6.42 Å². The van der Waals surface area contributed by atoms with Crippen molar-refractivity contribution in [2.75, 3.05) is 13.2 Å². The molecular weight excluding hydrogens is 154 g/mol. The van der Waals surface area contributed by atoms with Gasteiger partial charge in [0.25, 0.3) is 0 Å². The van der Waals surface area contributed by atoms with Crippen LogP contribution in [0.5, 0.6) is 0 Å². The Bertz CT molecular complexity index is 229. The van der Waals surface area contributed by atoms with E-state index in [1.165, 1.54) is 0 Å². The van der Waals surface area contributed by atoms with Crippen LogP contribution in [-0.2, 0) is 9.47 Å². The van der Waals surface area contributed by atoms with E-state index in [1.807, 2.05) is 6.07 Å². The van der Waals surface area contributed by atoms with Crippen LogP contribution in [-0.4, -0.2) is 19.5 Å². The van der Waals surface area contributed by atoms with Crippen LogP contribution in [0.15, 0.2) is 24.3 Å². The zero-order valence-corrected chi connectivity index (χ0v) is 6.88. The van der Waals surface area contributed by atoms with E-state index in [0.29, 0.717) is 18.8 Å². The number of ether oxygens (including phenoxy) is 2. The summed E-state index contributed by atoms with van der Waals surface area (Å²) in [5, 5.41) is 8.38. The molecule has 12 heavy (non-hydrogen) atoms. The van der Waals surface area contributed by atoms with E-state index in [9.17, 15) is 0 Å². The van der Waals surface area contributed by atoms with Crippen molar-refractivity contribution in [3.8, 4) is 6.07 Å². The second kappa shape index (κ2) is 4.05. The molecule has 1 heterocycles. The molecular formula is C9H11NO2. The highest BCUT2D eigenvalue weighted by Gasteiger charge is 2.18. The maximum atomic E-state index is 8.38. The third-order valence-corrected chi connectivity index (χ3v) is 1.52. The van der Waals surface area contributed by atoms with Gasteiger partial charge in [-0.2, -0.15) is 5.26 Å². The van der Waals surface area contributed by atoms with Gasteiger partial charge in [-0.15, -0.1) is 0 Å². The van der Waals surface area contributed by atoms with Crippen LogP contribution >= 0.6 is 0 Å². The average molecular weight is 165 g/mol. The molecule has 0 aromatic rings. The zero-order valence-electron chi connectivity index (χ0n) is 6.88. The number of hydrogen-bond acceptors (Lipinski definition) is 3. The molecule has 0 radical (unpaired) electrons. The van der Waals surface area contributed by atoms with Crippen LogP contribution in [0.1, 0.15) is 6.42 Å². The Morgan fingerprint density at radius 3 is 2.67 bits per heavy atom. The lowest BCUT2D eigenvalue weighted by molar-refractivity contribution is -0.133. The molecule has 0 aliphatic carbocycles. The number of hydrogen-bond donors (Lipinski definition) is 0. The van der Waals surface area contributed by atoms with Gasteiger partial charge in [-0.25, -0.2) is 0 Å². The summed E-state index contributed by atoms with van der Waals surface area (Å²) < 4.78 is 10.5. The Morgan fingerprint density at radius 1 is 1.58 bits per heavy atom. The van der Waals surface area contributed by atoms with Crippen LogP contribution in [0.3, 0.4) is 0 Å². The summed E-state index contributed by atoms with van der Waals surface area (Å²) in [5.74, 6) is 0. The number of nitrogens with zero attached hydrogens (tertiary/aromatic N) is 1. The van der Waals surface area contributed by atoms with Gasteiger partial charge in [-0.05, 0) is 11.1 Å². The van der Waals surface area contributed by atoms with Gasteiger partial charge in [0.2, 0.25) is 0 Å². The second-order valence-electron chi connectivity index (χ2n) is 2.70. The molecule has 0 atom stereocenters. The van der Waals surface area contributed by atoms with Crippen molar-refractivity contribution >= 4 is 0 Å². The molecule has 1 aliphatic heterocycles. The summed E-state index contributed by atoms with van der Waals surface area (Å²) in [5.41, 5.74) is 1.58. The summed E-state index contributed by atoms with van der Waals surface area (Å²) >= 11 is 0. The molecule has 1 rings (SSSR count). The van der Waals surface area contributed by atoms with Gasteiger partial charge in [0.05, 0.1) is 25.7 Å². The summed E-state index contributed by atoms with van der Waals surface area (Å²) in [7, 11) is 0. The number of rotatable bonds is 2. The Morgan fingerprint density at radius 2 is 2.17 bits per heavy atom. The molecule has 0 bridgehead atoms. The van der Waals surface area contributed by atoms with E-state index in [2.05, 4.69) is 13.2 Å². The average Bonchev–Trinajstić information content (AvgIpc) is 2.06. The fourth-order valence-corrected chi connectivity index (χ4v) is 0.897.